The summed E-state index contributed by atoms with van der Waals surface area (Å²) in [5.41, 5.74) is 3.63. The Morgan fingerprint density at radius 1 is 1.14 bits per heavy atom. The van der Waals surface area contributed by atoms with Crippen LogP contribution in [0.25, 0.3) is 11.1 Å². The number of halogens is 2. The van der Waals surface area contributed by atoms with Gasteiger partial charge in [0.25, 0.3) is 11.5 Å². The highest BCUT2D eigenvalue weighted by Crippen LogP contribution is 2.38. The summed E-state index contributed by atoms with van der Waals surface area (Å²) in [6, 6.07) is 9.30. The van der Waals surface area contributed by atoms with Gasteiger partial charge in [-0.2, -0.15) is 0 Å². The summed E-state index contributed by atoms with van der Waals surface area (Å²) < 4.78 is 20.1. The van der Waals surface area contributed by atoms with Crippen molar-refractivity contribution in [1.82, 2.24) is 20.9 Å². The zero-order valence-electron chi connectivity index (χ0n) is 20.8. The molecular formula is C27H28ClFN4O4. The van der Waals surface area contributed by atoms with E-state index in [0.29, 0.717) is 33.5 Å². The maximum atomic E-state index is 14.0. The second-order valence-electron chi connectivity index (χ2n) is 9.01. The van der Waals surface area contributed by atoms with Gasteiger partial charge in [-0.1, -0.05) is 23.7 Å². The van der Waals surface area contributed by atoms with Gasteiger partial charge in [-0.15, -0.1) is 0 Å². The molecule has 0 saturated heterocycles. The number of ether oxygens (including phenoxy) is 1. The largest absolute Gasteiger partial charge is 0.486 e. The number of amides is 3. The molecule has 1 fully saturated rings. The average molecular weight is 527 g/mol. The molecule has 4 N–H and O–H groups in total. The number of aromatic nitrogens is 1. The van der Waals surface area contributed by atoms with Crippen LogP contribution in [-0.2, 0) is 13.2 Å². The highest BCUT2D eigenvalue weighted by molar-refractivity contribution is 6.32. The third kappa shape index (κ3) is 6.11. The molecule has 0 bridgehead atoms. The zero-order valence-corrected chi connectivity index (χ0v) is 21.5. The Morgan fingerprint density at radius 3 is 2.59 bits per heavy atom. The van der Waals surface area contributed by atoms with Crippen LogP contribution in [0.1, 0.15) is 45.6 Å². The van der Waals surface area contributed by atoms with Crippen molar-refractivity contribution in [3.05, 3.63) is 85.5 Å². The number of aryl methyl sites for hydroxylation is 2. The minimum absolute atomic E-state index is 0.0364. The number of H-pyrrole nitrogens is 1. The lowest BCUT2D eigenvalue weighted by Gasteiger charge is -2.19. The van der Waals surface area contributed by atoms with Crippen molar-refractivity contribution in [3.8, 4) is 16.9 Å². The first-order chi connectivity index (χ1) is 17.7. The predicted molar refractivity (Wildman–Crippen MR) is 139 cm³/mol. The minimum Gasteiger partial charge on any atom is -0.486 e. The number of hydrogen-bond acceptors (Lipinski definition) is 4. The first kappa shape index (κ1) is 26.2. The number of hydrogen-bond donors (Lipinski definition) is 4. The first-order valence-corrected chi connectivity index (χ1v) is 12.3. The van der Waals surface area contributed by atoms with Gasteiger partial charge >= 0.3 is 6.03 Å². The van der Waals surface area contributed by atoms with E-state index < -0.39 is 11.4 Å². The maximum absolute atomic E-state index is 14.0. The van der Waals surface area contributed by atoms with Gasteiger partial charge in [0.2, 0.25) is 0 Å². The Hall–Kier alpha value is -3.85. The summed E-state index contributed by atoms with van der Waals surface area (Å²) in [6.45, 7) is 3.65. The lowest BCUT2D eigenvalue weighted by Crippen LogP contribution is -2.36. The lowest BCUT2D eigenvalue weighted by molar-refractivity contribution is 0.0963. The number of carbonyl (C=O) groups is 2. The molecule has 194 valence electrons. The summed E-state index contributed by atoms with van der Waals surface area (Å²) in [7, 11) is 1.54. The van der Waals surface area contributed by atoms with Crippen LogP contribution in [0, 0.1) is 19.7 Å². The molecule has 0 radical (unpaired) electrons. The number of benzene rings is 2. The molecular weight excluding hydrogens is 499 g/mol. The quantitative estimate of drug-likeness (QED) is 0.349. The van der Waals surface area contributed by atoms with Gasteiger partial charge < -0.3 is 25.7 Å². The molecule has 0 spiro atoms. The van der Waals surface area contributed by atoms with E-state index in [-0.39, 0.29) is 41.9 Å². The molecule has 1 heterocycles. The molecule has 0 atom stereocenters. The molecule has 3 aromatic rings. The van der Waals surface area contributed by atoms with Gasteiger partial charge in [0, 0.05) is 36.5 Å². The van der Waals surface area contributed by atoms with Gasteiger partial charge in [-0.25, -0.2) is 9.18 Å². The lowest BCUT2D eigenvalue weighted by atomic mass is 9.96. The number of rotatable bonds is 8. The topological polar surface area (TPSA) is 112 Å². The first-order valence-electron chi connectivity index (χ1n) is 11.9. The van der Waals surface area contributed by atoms with Crippen molar-refractivity contribution in [1.29, 1.82) is 0 Å². The van der Waals surface area contributed by atoms with Gasteiger partial charge in [0.1, 0.15) is 17.4 Å². The van der Waals surface area contributed by atoms with E-state index in [0.717, 1.165) is 18.4 Å². The molecule has 37 heavy (non-hydrogen) atoms. The fourth-order valence-electron chi connectivity index (χ4n) is 4.00. The number of carbonyl (C=O) groups excluding carboxylic acids is 2. The smallest absolute Gasteiger partial charge is 0.315 e. The number of nitrogens with one attached hydrogen (secondary N) is 4. The molecule has 1 aliphatic rings. The Morgan fingerprint density at radius 2 is 1.89 bits per heavy atom. The molecule has 0 unspecified atom stereocenters. The fourth-order valence-corrected chi connectivity index (χ4v) is 4.19. The number of pyridine rings is 1. The summed E-state index contributed by atoms with van der Waals surface area (Å²) >= 11 is 6.42. The van der Waals surface area contributed by atoms with Crippen LogP contribution in [0.2, 0.25) is 5.02 Å². The molecule has 8 nitrogen and oxygen atoms in total. The monoisotopic (exact) mass is 526 g/mol. The molecule has 0 aliphatic heterocycles. The van der Waals surface area contributed by atoms with Crippen LogP contribution in [0.5, 0.6) is 5.75 Å². The minimum atomic E-state index is -0.518. The van der Waals surface area contributed by atoms with E-state index in [9.17, 15) is 18.8 Å². The third-order valence-electron chi connectivity index (χ3n) is 6.19. The van der Waals surface area contributed by atoms with Crippen LogP contribution in [0.15, 0.2) is 41.2 Å². The van der Waals surface area contributed by atoms with Gasteiger partial charge in [0.05, 0.1) is 0 Å². The average Bonchev–Trinajstić information content (AvgIpc) is 3.69. The van der Waals surface area contributed by atoms with Gasteiger partial charge in [-0.3, -0.25) is 9.59 Å². The molecule has 1 aliphatic carbocycles. The van der Waals surface area contributed by atoms with E-state index in [2.05, 4.69) is 20.9 Å². The Labute approximate surface area is 218 Å². The van der Waals surface area contributed by atoms with Crippen LogP contribution in [-0.4, -0.2) is 30.0 Å². The van der Waals surface area contributed by atoms with Crippen molar-refractivity contribution in [2.75, 3.05) is 7.05 Å². The van der Waals surface area contributed by atoms with Gasteiger partial charge in [0.15, 0.2) is 5.75 Å². The van der Waals surface area contributed by atoms with Crippen molar-refractivity contribution >= 4 is 23.5 Å². The molecule has 1 saturated carbocycles. The Kier molecular flexibility index (Phi) is 7.83. The highest BCUT2D eigenvalue weighted by Gasteiger charge is 2.23. The van der Waals surface area contributed by atoms with Crippen LogP contribution in [0.4, 0.5) is 9.18 Å². The molecule has 2 aromatic carbocycles. The predicted octanol–water partition coefficient (Wildman–Crippen LogP) is 4.35. The van der Waals surface area contributed by atoms with Crippen molar-refractivity contribution in [3.63, 3.8) is 0 Å². The summed E-state index contributed by atoms with van der Waals surface area (Å²) in [5.74, 6) is -0.559. The molecule has 4 rings (SSSR count). The van der Waals surface area contributed by atoms with Gasteiger partial charge in [-0.05, 0) is 73.2 Å². The zero-order chi connectivity index (χ0) is 26.7. The molecule has 3 amide bonds. The van der Waals surface area contributed by atoms with E-state index in [1.54, 1.807) is 38.2 Å². The van der Waals surface area contributed by atoms with Crippen LogP contribution < -0.4 is 26.2 Å². The fraction of sp³-hybridized carbons (Fsp3) is 0.296. The highest BCUT2D eigenvalue weighted by atomic mass is 35.5. The Bertz CT molecular complexity index is 1420. The second kappa shape index (κ2) is 11.0. The summed E-state index contributed by atoms with van der Waals surface area (Å²) in [5, 5.41) is 8.02. The molecule has 10 heteroatoms. The normalized spacial score (nSPS) is 12.7. The van der Waals surface area contributed by atoms with Crippen molar-refractivity contribution < 1.29 is 18.7 Å². The van der Waals surface area contributed by atoms with Crippen molar-refractivity contribution in [2.24, 2.45) is 0 Å². The van der Waals surface area contributed by atoms with E-state index in [1.807, 2.05) is 6.92 Å². The SMILES string of the molecule is CNC(=O)c1ccc(C)c(-c2c(C)[nH]c(=O)c(Cl)c2OCc2ccc(F)cc2CNC(=O)NC2CC2)c1. The van der Waals surface area contributed by atoms with Crippen LogP contribution >= 0.6 is 11.6 Å². The van der Waals surface area contributed by atoms with Crippen LogP contribution in [0.3, 0.4) is 0 Å². The number of urea groups is 1. The number of aromatic amines is 1. The van der Waals surface area contributed by atoms with E-state index in [4.69, 9.17) is 16.3 Å². The Balaban J connectivity index is 1.66. The summed E-state index contributed by atoms with van der Waals surface area (Å²) in [4.78, 5) is 39.6. The third-order valence-corrected chi connectivity index (χ3v) is 6.53. The van der Waals surface area contributed by atoms with E-state index >= 15 is 0 Å². The molecule has 1 aromatic heterocycles. The summed E-state index contributed by atoms with van der Waals surface area (Å²) in [6.07, 6.45) is 1.91. The van der Waals surface area contributed by atoms with Crippen molar-refractivity contribution in [2.45, 2.75) is 45.9 Å². The standard InChI is InChI=1S/C27H28ClFN4O4/c1-14-4-5-16(25(34)30-3)11-21(14)22-15(2)32-26(35)23(28)24(22)37-13-17-6-7-19(29)10-18(17)12-31-27(36)33-20-8-9-20/h4-7,10-11,20H,8-9,12-13H2,1-3H3,(H,30,34)(H,32,35)(H2,31,33,36). The van der Waals surface area contributed by atoms with E-state index in [1.165, 1.54) is 12.1 Å². The maximum Gasteiger partial charge on any atom is 0.315 e. The second-order valence-corrected chi connectivity index (χ2v) is 9.39.